The van der Waals surface area contributed by atoms with Crippen molar-refractivity contribution >= 4 is 17.6 Å². The van der Waals surface area contributed by atoms with E-state index in [1.165, 1.54) is 12.7 Å². The number of aliphatic hydroxyl groups excluding tert-OH is 3. The van der Waals surface area contributed by atoms with Gasteiger partial charge in [-0.15, -0.1) is 0 Å². The van der Waals surface area contributed by atoms with E-state index in [1.807, 2.05) is 25.1 Å². The van der Waals surface area contributed by atoms with Gasteiger partial charge in [0.05, 0.1) is 5.02 Å². The Morgan fingerprint density at radius 2 is 1.84 bits per heavy atom. The highest BCUT2D eigenvalue weighted by Gasteiger charge is 2.47. The van der Waals surface area contributed by atoms with E-state index in [9.17, 15) is 20.1 Å². The fourth-order valence-corrected chi connectivity index (χ4v) is 4.71. The Morgan fingerprint density at radius 3 is 2.46 bits per heavy atom. The van der Waals surface area contributed by atoms with Gasteiger partial charge in [-0.25, -0.2) is 4.79 Å². The van der Waals surface area contributed by atoms with E-state index >= 15 is 0 Å². The van der Waals surface area contributed by atoms with Crippen molar-refractivity contribution in [2.24, 2.45) is 0 Å². The maximum Gasteiger partial charge on any atom is 0.335 e. The van der Waals surface area contributed by atoms with Gasteiger partial charge in [0.2, 0.25) is 0 Å². The number of aliphatic carboxylic acids is 1. The van der Waals surface area contributed by atoms with Gasteiger partial charge in [0.1, 0.15) is 24.0 Å². The molecule has 1 unspecified atom stereocenters. The number of fused-ring (bicyclic) bond motifs is 1. The fourth-order valence-electron chi connectivity index (χ4n) is 4.60. The van der Waals surface area contributed by atoms with Crippen LogP contribution in [0.3, 0.4) is 0 Å². The molecule has 6 atom stereocenters. The number of carbonyl (C=O) groups is 1. The highest BCUT2D eigenvalue weighted by atomic mass is 35.5. The maximum absolute atomic E-state index is 10.5. The molecule has 5 N–H and O–H groups in total. The van der Waals surface area contributed by atoms with Crippen molar-refractivity contribution in [3.05, 3.63) is 52.8 Å². The third kappa shape index (κ3) is 5.83. The van der Waals surface area contributed by atoms with E-state index < -0.39 is 42.5 Å². The quantitative estimate of drug-likeness (QED) is 0.382. The van der Waals surface area contributed by atoms with E-state index in [-0.39, 0.29) is 0 Å². The SMILES string of the molecule is COC1O[C@H](C(=O)O)[C@@H](O)[C@H](O)[C@H]1O.C[C@]1(c2ccc(Cl)cn2)Oc2cccc(C3CCNCC3)c2O1. The van der Waals surface area contributed by atoms with Crippen LogP contribution in [0.15, 0.2) is 36.5 Å². The highest BCUT2D eigenvalue weighted by Crippen LogP contribution is 2.48. The van der Waals surface area contributed by atoms with E-state index in [4.69, 9.17) is 30.9 Å². The number of benzene rings is 1. The van der Waals surface area contributed by atoms with Crippen LogP contribution in [0.25, 0.3) is 0 Å². The number of piperidine rings is 1. The first-order valence-electron chi connectivity index (χ1n) is 11.9. The summed E-state index contributed by atoms with van der Waals surface area (Å²) in [5.74, 6) is -0.171. The Balaban J connectivity index is 0.000000197. The van der Waals surface area contributed by atoms with Crippen molar-refractivity contribution in [2.45, 2.75) is 62.2 Å². The molecule has 1 aromatic heterocycles. The van der Waals surface area contributed by atoms with Crippen LogP contribution >= 0.6 is 11.6 Å². The molecule has 5 rings (SSSR count). The first-order chi connectivity index (χ1) is 17.6. The number of hydrogen-bond donors (Lipinski definition) is 5. The van der Waals surface area contributed by atoms with Crippen LogP contribution < -0.4 is 14.8 Å². The average molecular weight is 539 g/mol. The predicted octanol–water partition coefficient (Wildman–Crippen LogP) is 1.37. The molecule has 0 radical (unpaired) electrons. The van der Waals surface area contributed by atoms with Crippen molar-refractivity contribution < 1.29 is 44.2 Å². The Kier molecular flexibility index (Phi) is 8.54. The van der Waals surface area contributed by atoms with E-state index in [2.05, 4.69) is 21.1 Å². The van der Waals surface area contributed by atoms with Gasteiger partial charge in [0.25, 0.3) is 5.79 Å². The number of ether oxygens (including phenoxy) is 4. The van der Waals surface area contributed by atoms with Gasteiger partial charge >= 0.3 is 5.97 Å². The number of aliphatic hydroxyl groups is 3. The second-order valence-corrected chi connectivity index (χ2v) is 9.62. The summed E-state index contributed by atoms with van der Waals surface area (Å²) >= 11 is 5.93. The molecule has 0 amide bonds. The molecular formula is C25H31ClN2O9. The maximum atomic E-state index is 10.5. The van der Waals surface area contributed by atoms with Crippen molar-refractivity contribution in [2.75, 3.05) is 20.2 Å². The summed E-state index contributed by atoms with van der Waals surface area (Å²) in [6.45, 7) is 3.99. The molecule has 2 aromatic rings. The molecule has 1 aromatic carbocycles. The lowest BCUT2D eigenvalue weighted by Gasteiger charge is -2.37. The molecule has 4 heterocycles. The second kappa shape index (κ2) is 11.5. The second-order valence-electron chi connectivity index (χ2n) is 9.18. The largest absolute Gasteiger partial charge is 0.479 e. The van der Waals surface area contributed by atoms with Gasteiger partial charge in [-0.05, 0) is 50.0 Å². The molecule has 3 aliphatic rings. The minimum Gasteiger partial charge on any atom is -0.479 e. The number of carboxylic acids is 1. The number of para-hydroxylation sites is 1. The van der Waals surface area contributed by atoms with Crippen LogP contribution in [-0.2, 0) is 20.1 Å². The lowest BCUT2D eigenvalue weighted by atomic mass is 9.89. The van der Waals surface area contributed by atoms with Crippen LogP contribution in [0.2, 0.25) is 5.02 Å². The minimum absolute atomic E-state index is 0.510. The molecule has 37 heavy (non-hydrogen) atoms. The highest BCUT2D eigenvalue weighted by molar-refractivity contribution is 6.30. The molecule has 0 bridgehead atoms. The Morgan fingerprint density at radius 1 is 1.11 bits per heavy atom. The lowest BCUT2D eigenvalue weighted by Crippen LogP contribution is -2.60. The topological polar surface area (TPSA) is 160 Å². The molecule has 202 valence electrons. The summed E-state index contributed by atoms with van der Waals surface area (Å²) in [5, 5.41) is 40.3. The smallest absolute Gasteiger partial charge is 0.335 e. The van der Waals surface area contributed by atoms with Crippen molar-refractivity contribution in [1.82, 2.24) is 10.3 Å². The Bertz CT molecular complexity index is 1080. The Hall–Kier alpha value is -2.51. The van der Waals surface area contributed by atoms with Crippen molar-refractivity contribution in [3.8, 4) is 11.5 Å². The number of pyridine rings is 1. The van der Waals surface area contributed by atoms with Gasteiger partial charge < -0.3 is 44.7 Å². The summed E-state index contributed by atoms with van der Waals surface area (Å²) < 4.78 is 21.7. The predicted molar refractivity (Wildman–Crippen MR) is 130 cm³/mol. The number of hydrogen-bond acceptors (Lipinski definition) is 10. The summed E-state index contributed by atoms with van der Waals surface area (Å²) in [6.07, 6.45) is -3.74. The van der Waals surface area contributed by atoms with Crippen LogP contribution in [0.1, 0.15) is 36.9 Å². The zero-order chi connectivity index (χ0) is 26.7. The Labute approximate surface area is 218 Å². The molecule has 0 saturated carbocycles. The fraction of sp³-hybridized carbons (Fsp3) is 0.520. The summed E-state index contributed by atoms with van der Waals surface area (Å²) in [7, 11) is 1.19. The van der Waals surface area contributed by atoms with Gasteiger partial charge in [-0.2, -0.15) is 0 Å². The van der Waals surface area contributed by atoms with Gasteiger partial charge in [0, 0.05) is 25.8 Å². The van der Waals surface area contributed by atoms with Gasteiger partial charge in [-0.1, -0.05) is 23.7 Å². The third-order valence-electron chi connectivity index (χ3n) is 6.63. The molecule has 0 spiro atoms. The first kappa shape index (κ1) is 27.5. The monoisotopic (exact) mass is 538 g/mol. The van der Waals surface area contributed by atoms with Crippen LogP contribution in [0.5, 0.6) is 11.5 Å². The molecule has 12 heteroatoms. The molecule has 11 nitrogen and oxygen atoms in total. The standard InChI is InChI=1S/C18H19ClN2O2.C7H12O7/c1-18(16-6-5-13(19)11-21-16)22-15-4-2-3-14(17(15)23-18)12-7-9-20-10-8-12;1-13-7-4(10)2(8)3(9)5(14-7)6(11)12/h2-6,11-12,20H,7-10H2,1H3;2-5,7-10H,1H3,(H,11,12)/t18-;2-,3-,4+,5-,7?/m00/s1. The number of nitrogens with zero attached hydrogens (tertiary/aromatic N) is 1. The lowest BCUT2D eigenvalue weighted by molar-refractivity contribution is -0.287. The minimum atomic E-state index is -1.67. The summed E-state index contributed by atoms with van der Waals surface area (Å²) in [5.41, 5.74) is 1.95. The molecule has 2 fully saturated rings. The molecule has 0 aliphatic carbocycles. The summed E-state index contributed by atoms with van der Waals surface area (Å²) in [6, 6.07) is 9.80. The summed E-state index contributed by atoms with van der Waals surface area (Å²) in [4.78, 5) is 14.9. The van der Waals surface area contributed by atoms with Crippen LogP contribution in [0.4, 0.5) is 0 Å². The van der Waals surface area contributed by atoms with E-state index in [0.29, 0.717) is 10.9 Å². The molecular weight excluding hydrogens is 508 g/mol. The number of nitrogens with one attached hydrogen (secondary N) is 1. The van der Waals surface area contributed by atoms with Crippen molar-refractivity contribution in [1.29, 1.82) is 0 Å². The number of aromatic nitrogens is 1. The number of halogens is 1. The number of rotatable bonds is 4. The number of carboxylic acid groups (broad SMARTS) is 1. The van der Waals surface area contributed by atoms with E-state index in [0.717, 1.165) is 43.1 Å². The molecule has 3 aliphatic heterocycles. The first-order valence-corrected chi connectivity index (χ1v) is 12.3. The molecule has 2 saturated heterocycles. The normalized spacial score (nSPS) is 31.4. The number of methoxy groups -OCH3 is 1. The third-order valence-corrected chi connectivity index (χ3v) is 6.85. The van der Waals surface area contributed by atoms with Gasteiger partial charge in [0.15, 0.2) is 23.9 Å². The zero-order valence-corrected chi connectivity index (χ0v) is 21.2. The van der Waals surface area contributed by atoms with Crippen LogP contribution in [-0.4, -0.2) is 82.3 Å². The van der Waals surface area contributed by atoms with Crippen molar-refractivity contribution in [3.63, 3.8) is 0 Å². The van der Waals surface area contributed by atoms with E-state index in [1.54, 1.807) is 12.3 Å². The average Bonchev–Trinajstić information content (AvgIpc) is 3.26. The van der Waals surface area contributed by atoms with Gasteiger partial charge in [-0.3, -0.25) is 4.98 Å². The van der Waals surface area contributed by atoms with Crippen LogP contribution in [0, 0.1) is 0 Å². The zero-order valence-electron chi connectivity index (χ0n) is 20.4.